The van der Waals surface area contributed by atoms with E-state index in [-0.39, 0.29) is 0 Å². The van der Waals surface area contributed by atoms with Crippen LogP contribution >= 0.6 is 11.8 Å². The fourth-order valence-corrected chi connectivity index (χ4v) is 4.31. The fraction of sp³-hybridized carbons (Fsp3) is 0.500. The van der Waals surface area contributed by atoms with E-state index in [1.165, 1.54) is 36.5 Å². The fourth-order valence-electron chi connectivity index (χ4n) is 2.88. The van der Waals surface area contributed by atoms with E-state index in [1.807, 2.05) is 18.8 Å². The summed E-state index contributed by atoms with van der Waals surface area (Å²) in [6.45, 7) is 1.19. The molecule has 0 aromatic heterocycles. The van der Waals surface area contributed by atoms with E-state index in [1.54, 1.807) is 0 Å². The molecule has 0 radical (unpaired) electrons. The van der Waals surface area contributed by atoms with E-state index >= 15 is 0 Å². The molecule has 2 aliphatic heterocycles. The van der Waals surface area contributed by atoms with Gasteiger partial charge < -0.3 is 4.90 Å². The lowest BCUT2D eigenvalue weighted by molar-refractivity contribution is 0.250. The number of benzene rings is 1. The molecule has 0 bridgehead atoms. The van der Waals surface area contributed by atoms with Crippen molar-refractivity contribution in [3.8, 4) is 0 Å². The predicted molar refractivity (Wildman–Crippen MR) is 74.5 cm³/mol. The third-order valence-electron chi connectivity index (χ3n) is 3.70. The zero-order valence-corrected chi connectivity index (χ0v) is 11.0. The molecule has 2 fully saturated rings. The first-order chi connectivity index (χ1) is 8.40. The molecule has 2 saturated heterocycles. The summed E-state index contributed by atoms with van der Waals surface area (Å²) >= 11 is 1.95. The maximum Gasteiger partial charge on any atom is 0.159 e. The van der Waals surface area contributed by atoms with Gasteiger partial charge in [-0.1, -0.05) is 42.1 Å². The molecular formula is C14H18N2S. The van der Waals surface area contributed by atoms with Gasteiger partial charge in [-0.3, -0.25) is 4.99 Å². The number of hydrogen-bond donors (Lipinski definition) is 0. The molecule has 3 rings (SSSR count). The molecular weight excluding hydrogens is 228 g/mol. The van der Waals surface area contributed by atoms with Crippen LogP contribution in [0.2, 0.25) is 0 Å². The van der Waals surface area contributed by atoms with E-state index in [4.69, 9.17) is 0 Å². The Morgan fingerprint density at radius 2 is 2.06 bits per heavy atom. The third-order valence-corrected chi connectivity index (χ3v) is 5.16. The summed E-state index contributed by atoms with van der Waals surface area (Å²) in [6, 6.07) is 11.5. The van der Waals surface area contributed by atoms with E-state index in [9.17, 15) is 0 Å². The molecule has 3 heteroatoms. The molecule has 2 nitrogen and oxygen atoms in total. The second-order valence-electron chi connectivity index (χ2n) is 4.71. The molecule has 1 aromatic rings. The van der Waals surface area contributed by atoms with E-state index in [0.29, 0.717) is 11.3 Å². The number of piperidine rings is 1. The van der Waals surface area contributed by atoms with Crippen LogP contribution in [-0.2, 0) is 0 Å². The van der Waals surface area contributed by atoms with Gasteiger partial charge in [0, 0.05) is 19.6 Å². The number of nitrogens with zero attached hydrogens (tertiary/aromatic N) is 2. The zero-order chi connectivity index (χ0) is 11.7. The largest absolute Gasteiger partial charge is 0.347 e. The highest BCUT2D eigenvalue weighted by Crippen LogP contribution is 2.46. The lowest BCUT2D eigenvalue weighted by atomic mass is 9.96. The van der Waals surface area contributed by atoms with Crippen LogP contribution in [0.15, 0.2) is 35.3 Å². The molecule has 0 unspecified atom stereocenters. The van der Waals surface area contributed by atoms with Gasteiger partial charge in [0.15, 0.2) is 5.17 Å². The Kier molecular flexibility index (Phi) is 3.10. The van der Waals surface area contributed by atoms with Crippen LogP contribution in [0.25, 0.3) is 0 Å². The SMILES string of the molecule is CN=C1S[C@H](c2ccccc2)[C@@H]2CCCCN12. The zero-order valence-electron chi connectivity index (χ0n) is 10.2. The van der Waals surface area contributed by atoms with Gasteiger partial charge in [-0.15, -0.1) is 0 Å². The lowest BCUT2D eigenvalue weighted by Gasteiger charge is -2.32. The Morgan fingerprint density at radius 3 is 2.82 bits per heavy atom. The molecule has 0 amide bonds. The summed E-state index contributed by atoms with van der Waals surface area (Å²) in [5.41, 5.74) is 1.45. The number of thioether (sulfide) groups is 1. The van der Waals surface area contributed by atoms with Gasteiger partial charge in [0.1, 0.15) is 0 Å². The van der Waals surface area contributed by atoms with Crippen molar-refractivity contribution in [3.63, 3.8) is 0 Å². The maximum atomic E-state index is 4.45. The molecule has 2 heterocycles. The predicted octanol–water partition coefficient (Wildman–Crippen LogP) is 3.31. The highest BCUT2D eigenvalue weighted by Gasteiger charge is 2.40. The summed E-state index contributed by atoms with van der Waals surface area (Å²) in [5.74, 6) is 0. The molecule has 17 heavy (non-hydrogen) atoms. The Balaban J connectivity index is 1.91. The monoisotopic (exact) mass is 246 g/mol. The first kappa shape index (κ1) is 11.1. The summed E-state index contributed by atoms with van der Waals surface area (Å²) in [7, 11) is 1.92. The molecule has 0 aliphatic carbocycles. The maximum absolute atomic E-state index is 4.45. The van der Waals surface area contributed by atoms with Crippen molar-refractivity contribution in [3.05, 3.63) is 35.9 Å². The summed E-state index contributed by atoms with van der Waals surface area (Å²) in [5, 5.41) is 1.82. The molecule has 0 saturated carbocycles. The van der Waals surface area contributed by atoms with Crippen molar-refractivity contribution in [2.75, 3.05) is 13.6 Å². The number of amidine groups is 1. The van der Waals surface area contributed by atoms with Crippen LogP contribution < -0.4 is 0 Å². The molecule has 2 aliphatic rings. The summed E-state index contributed by atoms with van der Waals surface area (Å²) < 4.78 is 0. The van der Waals surface area contributed by atoms with Crippen molar-refractivity contribution in [2.24, 2.45) is 4.99 Å². The van der Waals surface area contributed by atoms with Crippen LogP contribution in [0, 0.1) is 0 Å². The van der Waals surface area contributed by atoms with Gasteiger partial charge in [-0.05, 0) is 24.8 Å². The summed E-state index contributed by atoms with van der Waals surface area (Å²) in [6.07, 6.45) is 3.99. The second kappa shape index (κ2) is 4.73. The molecule has 1 aromatic carbocycles. The lowest BCUT2D eigenvalue weighted by Crippen LogP contribution is -2.38. The standard InChI is InChI=1S/C14H18N2S/c1-15-14-16-10-6-5-9-12(16)13(17-14)11-7-3-2-4-8-11/h2-4,7-8,12-13H,5-6,9-10H2,1H3/t12-,13+/m0/s1. The highest BCUT2D eigenvalue weighted by atomic mass is 32.2. The van der Waals surface area contributed by atoms with Crippen LogP contribution in [0.4, 0.5) is 0 Å². The van der Waals surface area contributed by atoms with Gasteiger partial charge >= 0.3 is 0 Å². The number of hydrogen-bond acceptors (Lipinski definition) is 2. The van der Waals surface area contributed by atoms with Crippen molar-refractivity contribution >= 4 is 16.9 Å². The molecule has 2 atom stereocenters. The molecule has 0 N–H and O–H groups in total. The highest BCUT2D eigenvalue weighted by molar-refractivity contribution is 8.14. The molecule has 90 valence electrons. The minimum Gasteiger partial charge on any atom is -0.347 e. The average Bonchev–Trinajstić information content (AvgIpc) is 2.78. The average molecular weight is 246 g/mol. The Labute approximate surface area is 107 Å². The smallest absolute Gasteiger partial charge is 0.159 e. The minimum atomic E-state index is 0.579. The van der Waals surface area contributed by atoms with Gasteiger partial charge in [0.2, 0.25) is 0 Å². The first-order valence-electron chi connectivity index (χ1n) is 6.35. The number of fused-ring (bicyclic) bond motifs is 1. The van der Waals surface area contributed by atoms with Crippen LogP contribution in [0.1, 0.15) is 30.1 Å². The van der Waals surface area contributed by atoms with Gasteiger partial charge in [0.05, 0.1) is 5.25 Å². The summed E-state index contributed by atoms with van der Waals surface area (Å²) in [4.78, 5) is 6.97. The quantitative estimate of drug-likeness (QED) is 0.755. The van der Waals surface area contributed by atoms with Gasteiger partial charge in [-0.25, -0.2) is 0 Å². The minimum absolute atomic E-state index is 0.579. The van der Waals surface area contributed by atoms with E-state index < -0.39 is 0 Å². The van der Waals surface area contributed by atoms with Crippen LogP contribution in [0.3, 0.4) is 0 Å². The normalized spacial score (nSPS) is 30.6. The number of rotatable bonds is 1. The first-order valence-corrected chi connectivity index (χ1v) is 7.23. The Morgan fingerprint density at radius 1 is 1.24 bits per heavy atom. The van der Waals surface area contributed by atoms with E-state index in [2.05, 4.69) is 40.2 Å². The van der Waals surface area contributed by atoms with Crippen molar-refractivity contribution in [1.82, 2.24) is 4.90 Å². The van der Waals surface area contributed by atoms with Crippen LogP contribution in [0.5, 0.6) is 0 Å². The van der Waals surface area contributed by atoms with Gasteiger partial charge in [-0.2, -0.15) is 0 Å². The van der Waals surface area contributed by atoms with Crippen molar-refractivity contribution < 1.29 is 0 Å². The van der Waals surface area contributed by atoms with Crippen LogP contribution in [-0.4, -0.2) is 29.7 Å². The molecule has 0 spiro atoms. The second-order valence-corrected chi connectivity index (χ2v) is 5.82. The Bertz CT molecular complexity index is 415. The van der Waals surface area contributed by atoms with Gasteiger partial charge in [0.25, 0.3) is 0 Å². The Hall–Kier alpha value is -0.960. The number of aliphatic imine (C=N–C) groups is 1. The van der Waals surface area contributed by atoms with E-state index in [0.717, 1.165) is 0 Å². The topological polar surface area (TPSA) is 15.6 Å². The third kappa shape index (κ3) is 1.97. The van der Waals surface area contributed by atoms with Crippen molar-refractivity contribution in [2.45, 2.75) is 30.6 Å². The van der Waals surface area contributed by atoms with Crippen molar-refractivity contribution in [1.29, 1.82) is 0 Å².